The lowest BCUT2D eigenvalue weighted by atomic mass is 9.70. The standard InChI is InChI=1S/C29H46/c1-3-5-7-9-25-10-12-26(13-11-25)14-15-27-18-22-29(23-19-27)28-20-16-24(17-21-28)8-6-4-2/h10-13,18,24,28-29H,3-9,14-17,19-23H2,1-2H3. The van der Waals surface area contributed by atoms with E-state index in [0.29, 0.717) is 0 Å². The summed E-state index contributed by atoms with van der Waals surface area (Å²) in [5.74, 6) is 3.08. The van der Waals surface area contributed by atoms with Crippen molar-refractivity contribution >= 4 is 0 Å². The quantitative estimate of drug-likeness (QED) is 0.259. The molecule has 0 heteroatoms. The van der Waals surface area contributed by atoms with Crippen LogP contribution in [0.2, 0.25) is 0 Å². The van der Waals surface area contributed by atoms with E-state index in [2.05, 4.69) is 44.2 Å². The summed E-state index contributed by atoms with van der Waals surface area (Å²) in [4.78, 5) is 0. The summed E-state index contributed by atoms with van der Waals surface area (Å²) in [7, 11) is 0. The molecule has 1 atom stereocenters. The Hall–Kier alpha value is -1.04. The third-order valence-electron chi connectivity index (χ3n) is 7.90. The van der Waals surface area contributed by atoms with Gasteiger partial charge in [0, 0.05) is 0 Å². The van der Waals surface area contributed by atoms with Gasteiger partial charge < -0.3 is 0 Å². The van der Waals surface area contributed by atoms with Gasteiger partial charge in [0.1, 0.15) is 0 Å². The highest BCUT2D eigenvalue weighted by Gasteiger charge is 2.28. The maximum absolute atomic E-state index is 2.64. The molecule has 162 valence electrons. The van der Waals surface area contributed by atoms with Crippen LogP contribution in [0, 0.1) is 17.8 Å². The van der Waals surface area contributed by atoms with Gasteiger partial charge in [0.05, 0.1) is 0 Å². The molecule has 0 N–H and O–H groups in total. The first-order valence-electron chi connectivity index (χ1n) is 13.0. The predicted molar refractivity (Wildman–Crippen MR) is 128 cm³/mol. The summed E-state index contributed by atoms with van der Waals surface area (Å²) in [6, 6.07) is 9.50. The number of rotatable bonds is 11. The van der Waals surface area contributed by atoms with Crippen molar-refractivity contribution in [3.05, 3.63) is 47.0 Å². The molecule has 1 aromatic rings. The van der Waals surface area contributed by atoms with E-state index in [-0.39, 0.29) is 0 Å². The highest BCUT2D eigenvalue weighted by molar-refractivity contribution is 5.24. The number of hydrogen-bond acceptors (Lipinski definition) is 0. The molecule has 0 aliphatic heterocycles. The van der Waals surface area contributed by atoms with Gasteiger partial charge in [0.15, 0.2) is 0 Å². The minimum Gasteiger partial charge on any atom is -0.0850 e. The van der Waals surface area contributed by atoms with Gasteiger partial charge in [-0.1, -0.05) is 94.7 Å². The summed E-state index contributed by atoms with van der Waals surface area (Å²) in [5.41, 5.74) is 4.79. The van der Waals surface area contributed by atoms with Crippen molar-refractivity contribution in [1.29, 1.82) is 0 Å². The molecule has 0 heterocycles. The third kappa shape index (κ3) is 7.62. The van der Waals surface area contributed by atoms with Crippen LogP contribution in [0.4, 0.5) is 0 Å². The van der Waals surface area contributed by atoms with Crippen LogP contribution >= 0.6 is 0 Å². The Labute approximate surface area is 181 Å². The first-order chi connectivity index (χ1) is 14.3. The average Bonchev–Trinajstić information content (AvgIpc) is 2.78. The van der Waals surface area contributed by atoms with Gasteiger partial charge in [0.2, 0.25) is 0 Å². The zero-order valence-corrected chi connectivity index (χ0v) is 19.4. The Balaban J connectivity index is 1.36. The number of aryl methyl sites for hydroxylation is 2. The van der Waals surface area contributed by atoms with Crippen molar-refractivity contribution in [3.63, 3.8) is 0 Å². The van der Waals surface area contributed by atoms with Gasteiger partial charge in [-0.3, -0.25) is 0 Å². The second kappa shape index (κ2) is 12.6. The molecule has 0 spiro atoms. The fourth-order valence-corrected chi connectivity index (χ4v) is 5.76. The molecule has 29 heavy (non-hydrogen) atoms. The largest absolute Gasteiger partial charge is 0.0850 e. The topological polar surface area (TPSA) is 0 Å². The normalized spacial score (nSPS) is 25.0. The van der Waals surface area contributed by atoms with E-state index < -0.39 is 0 Å². The van der Waals surface area contributed by atoms with Crippen molar-refractivity contribution in [2.45, 2.75) is 117 Å². The SMILES string of the molecule is CCCCCc1ccc(CCC2=CCC(C3CCC(CCCC)CC3)CC2)cc1. The molecular weight excluding hydrogens is 348 g/mol. The molecule has 1 saturated carbocycles. The fraction of sp³-hybridized carbons (Fsp3) is 0.724. The highest BCUT2D eigenvalue weighted by atomic mass is 14.3. The van der Waals surface area contributed by atoms with Gasteiger partial charge in [0.25, 0.3) is 0 Å². The molecule has 2 aliphatic rings. The lowest BCUT2D eigenvalue weighted by Gasteiger charge is -2.35. The highest BCUT2D eigenvalue weighted by Crippen LogP contribution is 2.41. The lowest BCUT2D eigenvalue weighted by molar-refractivity contribution is 0.185. The summed E-state index contributed by atoms with van der Waals surface area (Å²) in [6.45, 7) is 4.62. The van der Waals surface area contributed by atoms with Crippen LogP contribution in [-0.4, -0.2) is 0 Å². The molecule has 0 saturated heterocycles. The van der Waals surface area contributed by atoms with Gasteiger partial charge in [-0.2, -0.15) is 0 Å². The van der Waals surface area contributed by atoms with Crippen LogP contribution in [-0.2, 0) is 12.8 Å². The third-order valence-corrected chi connectivity index (χ3v) is 7.90. The van der Waals surface area contributed by atoms with E-state index >= 15 is 0 Å². The van der Waals surface area contributed by atoms with E-state index in [4.69, 9.17) is 0 Å². The molecule has 0 nitrogen and oxygen atoms in total. The molecule has 0 amide bonds. The molecule has 0 radical (unpaired) electrons. The second-order valence-electron chi connectivity index (χ2n) is 10.1. The summed E-state index contributed by atoms with van der Waals surface area (Å²) >= 11 is 0. The Bertz CT molecular complexity index is 585. The Morgan fingerprint density at radius 1 is 0.690 bits per heavy atom. The average molecular weight is 395 g/mol. The fourth-order valence-electron chi connectivity index (χ4n) is 5.76. The first kappa shape index (κ1) is 22.6. The van der Waals surface area contributed by atoms with Crippen molar-refractivity contribution in [3.8, 4) is 0 Å². The van der Waals surface area contributed by atoms with Crippen LogP contribution < -0.4 is 0 Å². The number of benzene rings is 1. The van der Waals surface area contributed by atoms with Gasteiger partial charge in [-0.25, -0.2) is 0 Å². The first-order valence-corrected chi connectivity index (χ1v) is 13.0. The van der Waals surface area contributed by atoms with E-state index in [1.165, 1.54) is 114 Å². The summed E-state index contributed by atoms with van der Waals surface area (Å²) < 4.78 is 0. The summed E-state index contributed by atoms with van der Waals surface area (Å²) in [6.07, 6.45) is 25.0. The van der Waals surface area contributed by atoms with Crippen molar-refractivity contribution in [1.82, 2.24) is 0 Å². The minimum absolute atomic E-state index is 0.994. The molecule has 0 bridgehead atoms. The Kier molecular flexibility index (Phi) is 9.84. The van der Waals surface area contributed by atoms with Crippen molar-refractivity contribution in [2.24, 2.45) is 17.8 Å². The zero-order chi connectivity index (χ0) is 20.3. The Morgan fingerprint density at radius 2 is 1.38 bits per heavy atom. The van der Waals surface area contributed by atoms with E-state index in [9.17, 15) is 0 Å². The predicted octanol–water partition coefficient (Wildman–Crippen LogP) is 9.08. The Morgan fingerprint density at radius 3 is 2.00 bits per heavy atom. The van der Waals surface area contributed by atoms with Crippen molar-refractivity contribution in [2.75, 3.05) is 0 Å². The zero-order valence-electron chi connectivity index (χ0n) is 19.4. The molecule has 3 rings (SSSR count). The maximum Gasteiger partial charge on any atom is -0.0241 e. The number of hydrogen-bond donors (Lipinski definition) is 0. The lowest BCUT2D eigenvalue weighted by Crippen LogP contribution is -2.23. The van der Waals surface area contributed by atoms with Gasteiger partial charge >= 0.3 is 0 Å². The summed E-state index contributed by atoms with van der Waals surface area (Å²) in [5, 5.41) is 0. The second-order valence-corrected chi connectivity index (χ2v) is 10.1. The van der Waals surface area contributed by atoms with Crippen LogP contribution in [0.5, 0.6) is 0 Å². The van der Waals surface area contributed by atoms with Crippen LogP contribution in [0.15, 0.2) is 35.9 Å². The smallest absolute Gasteiger partial charge is 0.0241 e. The minimum atomic E-state index is 0.994. The van der Waals surface area contributed by atoms with E-state index in [1.807, 2.05) is 0 Å². The van der Waals surface area contributed by atoms with E-state index in [1.54, 1.807) is 5.57 Å². The molecular formula is C29H46. The van der Waals surface area contributed by atoms with Crippen LogP contribution in [0.3, 0.4) is 0 Å². The van der Waals surface area contributed by atoms with Crippen LogP contribution in [0.25, 0.3) is 0 Å². The van der Waals surface area contributed by atoms with Crippen LogP contribution in [0.1, 0.15) is 115 Å². The molecule has 1 unspecified atom stereocenters. The molecule has 1 fully saturated rings. The number of unbranched alkanes of at least 4 members (excludes halogenated alkanes) is 3. The molecule has 1 aromatic carbocycles. The maximum atomic E-state index is 2.64. The van der Waals surface area contributed by atoms with Crippen molar-refractivity contribution < 1.29 is 0 Å². The monoisotopic (exact) mass is 394 g/mol. The molecule has 2 aliphatic carbocycles. The molecule has 0 aromatic heterocycles. The van der Waals surface area contributed by atoms with Gasteiger partial charge in [-0.05, 0) is 86.7 Å². The van der Waals surface area contributed by atoms with Gasteiger partial charge in [-0.15, -0.1) is 0 Å². The van der Waals surface area contributed by atoms with E-state index in [0.717, 1.165) is 17.8 Å². The number of allylic oxidation sites excluding steroid dienone is 2.